The maximum absolute atomic E-state index is 12.3. The van der Waals surface area contributed by atoms with Crippen molar-refractivity contribution in [1.82, 2.24) is 0 Å². The molecule has 0 heterocycles. The molecule has 3 heteroatoms. The van der Waals surface area contributed by atoms with Crippen LogP contribution in [0.3, 0.4) is 0 Å². The highest BCUT2D eigenvalue weighted by Gasteiger charge is 2.05. The number of allylic oxidation sites excluding steroid dienone is 1. The van der Waals surface area contributed by atoms with E-state index in [9.17, 15) is 9.90 Å². The summed E-state index contributed by atoms with van der Waals surface area (Å²) in [6.07, 6.45) is 1.58. The predicted octanol–water partition coefficient (Wildman–Crippen LogP) is 4.37. The Kier molecular flexibility index (Phi) is 4.73. The van der Waals surface area contributed by atoms with E-state index >= 15 is 0 Å². The number of carbonyl (C=O) groups excluding carboxylic acids is 1. The summed E-state index contributed by atoms with van der Waals surface area (Å²) in [7, 11) is 0. The Balaban J connectivity index is 1.82. The molecule has 120 valence electrons. The average molecular weight is 317 g/mol. The van der Waals surface area contributed by atoms with Gasteiger partial charge in [0.05, 0.1) is 6.61 Å². The van der Waals surface area contributed by atoms with Crippen molar-refractivity contribution in [3.8, 4) is 0 Å². The van der Waals surface area contributed by atoms with Gasteiger partial charge in [-0.05, 0) is 41.0 Å². The molecule has 0 atom stereocenters. The van der Waals surface area contributed by atoms with Crippen LogP contribution in [0.2, 0.25) is 0 Å². The number of nitrogens with one attached hydrogen (secondary N) is 1. The Morgan fingerprint density at radius 2 is 1.71 bits per heavy atom. The lowest BCUT2D eigenvalue weighted by atomic mass is 10.0. The minimum atomic E-state index is -0.207. The molecule has 3 aromatic rings. The first-order valence-corrected chi connectivity index (χ1v) is 7.84. The molecule has 0 aromatic heterocycles. The SMILES string of the molecule is CC(=CC(=O)Nc1ccccc1CO)c1ccc2ccccc2c1. The van der Waals surface area contributed by atoms with E-state index in [1.54, 1.807) is 18.2 Å². The number of fused-ring (bicyclic) bond motifs is 1. The largest absolute Gasteiger partial charge is 0.392 e. The van der Waals surface area contributed by atoms with Gasteiger partial charge in [-0.25, -0.2) is 0 Å². The van der Waals surface area contributed by atoms with Crippen molar-refractivity contribution in [2.24, 2.45) is 0 Å². The number of benzene rings is 3. The molecular formula is C21H19NO2. The summed E-state index contributed by atoms with van der Waals surface area (Å²) in [5.74, 6) is -0.207. The minimum Gasteiger partial charge on any atom is -0.392 e. The zero-order valence-electron chi connectivity index (χ0n) is 13.5. The van der Waals surface area contributed by atoms with Gasteiger partial charge >= 0.3 is 0 Å². The van der Waals surface area contributed by atoms with Gasteiger partial charge in [-0.15, -0.1) is 0 Å². The van der Waals surface area contributed by atoms with Gasteiger partial charge in [0.2, 0.25) is 5.91 Å². The molecule has 24 heavy (non-hydrogen) atoms. The molecule has 1 amide bonds. The standard InChI is InChI=1S/C21H19NO2/c1-15(17-11-10-16-6-2-3-7-18(16)13-17)12-21(24)22-20-9-5-4-8-19(20)14-23/h2-13,23H,14H2,1H3,(H,22,24). The highest BCUT2D eigenvalue weighted by Crippen LogP contribution is 2.21. The van der Waals surface area contributed by atoms with Crippen LogP contribution in [0, 0.1) is 0 Å². The molecule has 0 fully saturated rings. The summed E-state index contributed by atoms with van der Waals surface area (Å²) in [5.41, 5.74) is 3.23. The molecule has 3 rings (SSSR count). The van der Waals surface area contributed by atoms with E-state index in [2.05, 4.69) is 29.6 Å². The van der Waals surface area contributed by atoms with Crippen LogP contribution in [0.5, 0.6) is 0 Å². The number of anilines is 1. The summed E-state index contributed by atoms with van der Waals surface area (Å²) < 4.78 is 0. The number of hydrogen-bond donors (Lipinski definition) is 2. The van der Waals surface area contributed by atoms with Crippen LogP contribution < -0.4 is 5.32 Å². The Labute approximate surface area is 141 Å². The Hall–Kier alpha value is -2.91. The summed E-state index contributed by atoms with van der Waals surface area (Å²) >= 11 is 0. The summed E-state index contributed by atoms with van der Waals surface area (Å²) in [6, 6.07) is 21.5. The first kappa shape index (κ1) is 16.0. The third-order valence-electron chi connectivity index (χ3n) is 4.00. The number of carbonyl (C=O) groups is 1. The molecule has 0 saturated heterocycles. The number of aliphatic hydroxyl groups excluding tert-OH is 1. The number of amides is 1. The first-order chi connectivity index (χ1) is 11.7. The average Bonchev–Trinajstić information content (AvgIpc) is 2.61. The molecule has 0 spiro atoms. The monoisotopic (exact) mass is 317 g/mol. The van der Waals surface area contributed by atoms with E-state index < -0.39 is 0 Å². The maximum atomic E-state index is 12.3. The molecule has 3 aromatic carbocycles. The third-order valence-corrected chi connectivity index (χ3v) is 4.00. The van der Waals surface area contributed by atoms with Gasteiger partial charge in [0.25, 0.3) is 0 Å². The lowest BCUT2D eigenvalue weighted by Gasteiger charge is -2.08. The van der Waals surface area contributed by atoms with E-state index in [4.69, 9.17) is 0 Å². The van der Waals surface area contributed by atoms with E-state index in [1.165, 1.54) is 5.39 Å². The number of aliphatic hydroxyl groups is 1. The minimum absolute atomic E-state index is 0.107. The Morgan fingerprint density at radius 1 is 1.00 bits per heavy atom. The summed E-state index contributed by atoms with van der Waals surface area (Å²) in [6.45, 7) is 1.81. The smallest absolute Gasteiger partial charge is 0.248 e. The third kappa shape index (κ3) is 3.53. The van der Waals surface area contributed by atoms with E-state index in [-0.39, 0.29) is 12.5 Å². The van der Waals surface area contributed by atoms with Crippen molar-refractivity contribution >= 4 is 27.9 Å². The molecule has 0 aliphatic rings. The zero-order valence-corrected chi connectivity index (χ0v) is 13.5. The lowest BCUT2D eigenvalue weighted by molar-refractivity contribution is -0.111. The molecule has 0 radical (unpaired) electrons. The first-order valence-electron chi connectivity index (χ1n) is 7.84. The number of rotatable bonds is 4. The van der Waals surface area contributed by atoms with Gasteiger partial charge in [0.15, 0.2) is 0 Å². The number of para-hydroxylation sites is 1. The van der Waals surface area contributed by atoms with Gasteiger partial charge in [-0.1, -0.05) is 54.6 Å². The van der Waals surface area contributed by atoms with Gasteiger partial charge < -0.3 is 10.4 Å². The van der Waals surface area contributed by atoms with Crippen molar-refractivity contribution in [3.63, 3.8) is 0 Å². The van der Waals surface area contributed by atoms with Crippen LogP contribution in [0.1, 0.15) is 18.1 Å². The Morgan fingerprint density at radius 3 is 2.50 bits per heavy atom. The van der Waals surface area contributed by atoms with Gasteiger partial charge in [0.1, 0.15) is 0 Å². The van der Waals surface area contributed by atoms with Crippen LogP contribution in [0.25, 0.3) is 16.3 Å². The molecule has 2 N–H and O–H groups in total. The fraction of sp³-hybridized carbons (Fsp3) is 0.0952. The van der Waals surface area contributed by atoms with E-state index in [0.717, 1.165) is 16.5 Å². The van der Waals surface area contributed by atoms with Crippen LogP contribution in [-0.2, 0) is 11.4 Å². The van der Waals surface area contributed by atoms with Gasteiger partial charge in [0, 0.05) is 17.3 Å². The summed E-state index contributed by atoms with van der Waals surface area (Å²) in [4.78, 5) is 12.3. The zero-order chi connectivity index (χ0) is 16.9. The predicted molar refractivity (Wildman–Crippen MR) is 98.6 cm³/mol. The fourth-order valence-electron chi connectivity index (χ4n) is 2.66. The van der Waals surface area contributed by atoms with Crippen LogP contribution >= 0.6 is 0 Å². The molecular weight excluding hydrogens is 298 g/mol. The van der Waals surface area contributed by atoms with E-state index in [1.807, 2.05) is 37.3 Å². The second-order valence-electron chi connectivity index (χ2n) is 5.69. The molecule has 0 bridgehead atoms. The second-order valence-corrected chi connectivity index (χ2v) is 5.69. The van der Waals surface area contributed by atoms with Crippen LogP contribution in [-0.4, -0.2) is 11.0 Å². The summed E-state index contributed by atoms with van der Waals surface area (Å²) in [5, 5.41) is 14.5. The molecule has 0 saturated carbocycles. The van der Waals surface area contributed by atoms with Crippen LogP contribution in [0.4, 0.5) is 5.69 Å². The highest BCUT2D eigenvalue weighted by molar-refractivity contribution is 6.04. The van der Waals surface area contributed by atoms with Gasteiger partial charge in [-0.3, -0.25) is 4.79 Å². The molecule has 0 aliphatic heterocycles. The van der Waals surface area contributed by atoms with Crippen LogP contribution in [0.15, 0.2) is 72.8 Å². The molecule has 0 unspecified atom stereocenters. The van der Waals surface area contributed by atoms with Crippen molar-refractivity contribution in [2.45, 2.75) is 13.5 Å². The normalized spacial score (nSPS) is 11.5. The molecule has 0 aliphatic carbocycles. The van der Waals surface area contributed by atoms with Crippen molar-refractivity contribution < 1.29 is 9.90 Å². The van der Waals surface area contributed by atoms with E-state index in [0.29, 0.717) is 11.3 Å². The van der Waals surface area contributed by atoms with Crippen molar-refractivity contribution in [1.29, 1.82) is 0 Å². The Bertz CT molecular complexity index is 912. The second kappa shape index (κ2) is 7.11. The highest BCUT2D eigenvalue weighted by atomic mass is 16.3. The fourth-order valence-corrected chi connectivity index (χ4v) is 2.66. The quantitative estimate of drug-likeness (QED) is 0.702. The molecule has 3 nitrogen and oxygen atoms in total. The van der Waals surface area contributed by atoms with Crippen molar-refractivity contribution in [3.05, 3.63) is 83.9 Å². The lowest BCUT2D eigenvalue weighted by Crippen LogP contribution is -2.10. The topological polar surface area (TPSA) is 49.3 Å². The van der Waals surface area contributed by atoms with Gasteiger partial charge in [-0.2, -0.15) is 0 Å². The number of hydrogen-bond acceptors (Lipinski definition) is 2. The maximum Gasteiger partial charge on any atom is 0.248 e. The van der Waals surface area contributed by atoms with Crippen molar-refractivity contribution in [2.75, 3.05) is 5.32 Å².